The summed E-state index contributed by atoms with van der Waals surface area (Å²) in [6.07, 6.45) is -0.348. The van der Waals surface area contributed by atoms with Crippen LogP contribution in [0.4, 0.5) is 5.69 Å². The Kier molecular flexibility index (Phi) is 5.88. The van der Waals surface area contributed by atoms with E-state index in [0.29, 0.717) is 12.1 Å². The van der Waals surface area contributed by atoms with Crippen LogP contribution in [-0.2, 0) is 16.0 Å². The van der Waals surface area contributed by atoms with Crippen LogP contribution in [0.3, 0.4) is 0 Å². The molecule has 0 saturated carbocycles. The molecule has 1 aromatic carbocycles. The first-order valence-electron chi connectivity index (χ1n) is 6.03. The lowest BCUT2D eigenvalue weighted by Gasteiger charge is -2.22. The molecule has 0 fully saturated rings. The summed E-state index contributed by atoms with van der Waals surface area (Å²) in [5.74, 6) is 0. The first kappa shape index (κ1) is 15.6. The van der Waals surface area contributed by atoms with Crippen molar-refractivity contribution in [2.24, 2.45) is 0 Å². The Bertz CT molecular complexity index is 433. The van der Waals surface area contributed by atoms with Gasteiger partial charge >= 0.3 is 0 Å². The van der Waals surface area contributed by atoms with Crippen LogP contribution < -0.4 is 5.32 Å². The maximum absolute atomic E-state index is 10.9. The van der Waals surface area contributed by atoms with Gasteiger partial charge in [0.1, 0.15) is 0 Å². The summed E-state index contributed by atoms with van der Waals surface area (Å²) in [7, 11) is 3.15. The molecule has 0 saturated heterocycles. The fourth-order valence-corrected chi connectivity index (χ4v) is 1.93. The van der Waals surface area contributed by atoms with E-state index < -0.39 is 0 Å². The molecule has 0 aliphatic heterocycles. The molecule has 0 radical (unpaired) electrons. The fraction of sp³-hybridized carbons (Fsp3) is 0.538. The Labute approximate surface area is 112 Å². The van der Waals surface area contributed by atoms with Gasteiger partial charge in [-0.3, -0.25) is 10.1 Å². The number of benzene rings is 1. The van der Waals surface area contributed by atoms with Crippen LogP contribution in [0.1, 0.15) is 18.1 Å². The highest BCUT2D eigenvalue weighted by Crippen LogP contribution is 2.21. The topological polar surface area (TPSA) is 73.6 Å². The van der Waals surface area contributed by atoms with Crippen molar-refractivity contribution < 1.29 is 14.4 Å². The van der Waals surface area contributed by atoms with Gasteiger partial charge < -0.3 is 14.8 Å². The minimum Gasteiger partial charge on any atom is -0.354 e. The van der Waals surface area contributed by atoms with Gasteiger partial charge in [0.25, 0.3) is 5.69 Å². The minimum atomic E-state index is -0.366. The minimum absolute atomic E-state index is 0.0198. The molecule has 19 heavy (non-hydrogen) atoms. The molecular formula is C13H20N2O4. The molecule has 1 aromatic rings. The lowest BCUT2D eigenvalue weighted by molar-refractivity contribution is -0.385. The van der Waals surface area contributed by atoms with Crippen molar-refractivity contribution in [1.82, 2.24) is 5.32 Å². The molecule has 1 unspecified atom stereocenters. The second kappa shape index (κ2) is 7.18. The van der Waals surface area contributed by atoms with Gasteiger partial charge in [-0.25, -0.2) is 0 Å². The number of nitrogens with zero attached hydrogens (tertiary/aromatic N) is 1. The number of nitrogens with one attached hydrogen (secondary N) is 1. The maximum atomic E-state index is 10.9. The number of ether oxygens (including phenoxy) is 2. The third-order valence-corrected chi connectivity index (χ3v) is 3.10. The Morgan fingerprint density at radius 3 is 2.53 bits per heavy atom. The van der Waals surface area contributed by atoms with Crippen molar-refractivity contribution in [3.05, 3.63) is 39.4 Å². The smallest absolute Gasteiger partial charge is 0.272 e. The van der Waals surface area contributed by atoms with Crippen LogP contribution in [0.25, 0.3) is 0 Å². The van der Waals surface area contributed by atoms with Crippen LogP contribution in [0.5, 0.6) is 0 Å². The van der Waals surface area contributed by atoms with Gasteiger partial charge in [-0.2, -0.15) is 0 Å². The Morgan fingerprint density at radius 1 is 1.37 bits per heavy atom. The average Bonchev–Trinajstić information content (AvgIpc) is 2.38. The van der Waals surface area contributed by atoms with E-state index in [1.165, 1.54) is 6.07 Å². The van der Waals surface area contributed by atoms with Gasteiger partial charge in [-0.15, -0.1) is 0 Å². The molecule has 1 rings (SSSR count). The number of rotatable bonds is 7. The second-order valence-electron chi connectivity index (χ2n) is 4.33. The quantitative estimate of drug-likeness (QED) is 0.465. The maximum Gasteiger partial charge on any atom is 0.272 e. The van der Waals surface area contributed by atoms with E-state index in [4.69, 9.17) is 9.47 Å². The molecule has 0 aromatic heterocycles. The van der Waals surface area contributed by atoms with Gasteiger partial charge in [-0.1, -0.05) is 12.1 Å². The summed E-state index contributed by atoms with van der Waals surface area (Å²) in [6.45, 7) is 4.21. The van der Waals surface area contributed by atoms with E-state index >= 15 is 0 Å². The normalized spacial score (nSPS) is 12.7. The van der Waals surface area contributed by atoms with E-state index in [1.807, 2.05) is 13.0 Å². The lowest BCUT2D eigenvalue weighted by atomic mass is 10.1. The van der Waals surface area contributed by atoms with Crippen molar-refractivity contribution in [2.75, 3.05) is 14.2 Å². The van der Waals surface area contributed by atoms with Gasteiger partial charge in [0.2, 0.25) is 0 Å². The highest BCUT2D eigenvalue weighted by atomic mass is 16.7. The molecule has 106 valence electrons. The average molecular weight is 268 g/mol. The molecule has 6 heteroatoms. The number of nitro benzene ring substituents is 1. The number of hydrogen-bond donors (Lipinski definition) is 1. The molecule has 1 atom stereocenters. The van der Waals surface area contributed by atoms with Gasteiger partial charge in [-0.05, 0) is 19.4 Å². The summed E-state index contributed by atoms with van der Waals surface area (Å²) < 4.78 is 10.3. The predicted octanol–water partition coefficient (Wildman–Crippen LogP) is 2.00. The van der Waals surface area contributed by atoms with Crippen molar-refractivity contribution in [3.63, 3.8) is 0 Å². The van der Waals surface area contributed by atoms with Gasteiger partial charge in [0.15, 0.2) is 6.29 Å². The largest absolute Gasteiger partial charge is 0.354 e. The van der Waals surface area contributed by atoms with Gasteiger partial charge in [0, 0.05) is 32.4 Å². The molecular weight excluding hydrogens is 248 g/mol. The standard InChI is InChI=1S/C13H20N2O4/c1-9-11(6-5-7-12(9)15(16)17)8-14-10(2)13(18-3)19-4/h5-7,10,13-14H,8H2,1-4H3. The van der Waals surface area contributed by atoms with Crippen LogP contribution >= 0.6 is 0 Å². The second-order valence-corrected chi connectivity index (χ2v) is 4.33. The van der Waals surface area contributed by atoms with E-state index in [-0.39, 0.29) is 22.9 Å². The van der Waals surface area contributed by atoms with Crippen molar-refractivity contribution >= 4 is 5.69 Å². The van der Waals surface area contributed by atoms with Crippen molar-refractivity contribution in [1.29, 1.82) is 0 Å². The highest BCUT2D eigenvalue weighted by molar-refractivity contribution is 5.44. The fourth-order valence-electron chi connectivity index (χ4n) is 1.93. The van der Waals surface area contributed by atoms with Crippen LogP contribution in [0.15, 0.2) is 18.2 Å². The summed E-state index contributed by atoms with van der Waals surface area (Å²) >= 11 is 0. The summed E-state index contributed by atoms with van der Waals surface area (Å²) in [6, 6.07) is 5.05. The van der Waals surface area contributed by atoms with Crippen LogP contribution in [0.2, 0.25) is 0 Å². The summed E-state index contributed by atoms with van der Waals surface area (Å²) in [5.41, 5.74) is 1.72. The number of nitro groups is 1. The molecule has 6 nitrogen and oxygen atoms in total. The van der Waals surface area contributed by atoms with Crippen molar-refractivity contribution in [3.8, 4) is 0 Å². The molecule has 0 aliphatic rings. The molecule has 1 N–H and O–H groups in total. The Hall–Kier alpha value is -1.50. The molecule has 0 amide bonds. The van der Waals surface area contributed by atoms with Crippen LogP contribution in [-0.4, -0.2) is 31.5 Å². The molecule has 0 aliphatic carbocycles. The monoisotopic (exact) mass is 268 g/mol. The molecule has 0 heterocycles. The third-order valence-electron chi connectivity index (χ3n) is 3.10. The van der Waals surface area contributed by atoms with Gasteiger partial charge in [0.05, 0.1) is 11.0 Å². The Balaban J connectivity index is 2.73. The first-order chi connectivity index (χ1) is 9.01. The first-order valence-corrected chi connectivity index (χ1v) is 6.03. The molecule has 0 bridgehead atoms. The molecule has 0 spiro atoms. The van der Waals surface area contributed by atoms with E-state index in [1.54, 1.807) is 27.2 Å². The highest BCUT2D eigenvalue weighted by Gasteiger charge is 2.17. The van der Waals surface area contributed by atoms with Crippen molar-refractivity contribution in [2.45, 2.75) is 32.7 Å². The van der Waals surface area contributed by atoms with Crippen LogP contribution in [0, 0.1) is 17.0 Å². The van der Waals surface area contributed by atoms with E-state index in [9.17, 15) is 10.1 Å². The zero-order valence-corrected chi connectivity index (χ0v) is 11.7. The number of hydrogen-bond acceptors (Lipinski definition) is 5. The summed E-state index contributed by atoms with van der Waals surface area (Å²) in [5, 5.41) is 14.1. The SMILES string of the molecule is COC(OC)C(C)NCc1cccc([N+](=O)[O-])c1C. The van der Waals surface area contributed by atoms with E-state index in [0.717, 1.165) is 5.56 Å². The summed E-state index contributed by atoms with van der Waals surface area (Å²) in [4.78, 5) is 10.5. The Morgan fingerprint density at radius 2 is 2.00 bits per heavy atom. The zero-order chi connectivity index (χ0) is 14.4. The third kappa shape index (κ3) is 3.99. The lowest BCUT2D eigenvalue weighted by Crippen LogP contribution is -2.39. The predicted molar refractivity (Wildman–Crippen MR) is 71.9 cm³/mol. The zero-order valence-electron chi connectivity index (χ0n) is 11.7. The van der Waals surface area contributed by atoms with E-state index in [2.05, 4.69) is 5.32 Å². The number of methoxy groups -OCH3 is 2.